The van der Waals surface area contributed by atoms with Gasteiger partial charge in [-0.1, -0.05) is 13.0 Å². The lowest BCUT2D eigenvalue weighted by molar-refractivity contribution is 0.0638. The van der Waals surface area contributed by atoms with Gasteiger partial charge in [-0.25, -0.2) is 4.98 Å². The highest BCUT2D eigenvalue weighted by Gasteiger charge is 2.23. The third-order valence-electron chi connectivity index (χ3n) is 3.71. The van der Waals surface area contributed by atoms with Crippen molar-refractivity contribution in [2.45, 2.75) is 6.92 Å². The van der Waals surface area contributed by atoms with Crippen LogP contribution in [0.4, 0.5) is 0 Å². The second-order valence-corrected chi connectivity index (χ2v) is 5.84. The first-order chi connectivity index (χ1) is 10.3. The summed E-state index contributed by atoms with van der Waals surface area (Å²) < 4.78 is 0. The molecule has 0 spiro atoms. The number of thiazole rings is 1. The van der Waals surface area contributed by atoms with Crippen LogP contribution >= 0.6 is 11.3 Å². The average Bonchev–Trinajstić information content (AvgIpc) is 3.05. The molecule has 5 nitrogen and oxygen atoms in total. The van der Waals surface area contributed by atoms with E-state index in [1.807, 2.05) is 28.5 Å². The predicted molar refractivity (Wildman–Crippen MR) is 83.4 cm³/mol. The first-order valence-electron chi connectivity index (χ1n) is 7.16. The summed E-state index contributed by atoms with van der Waals surface area (Å²) in [5.41, 5.74) is 1.35. The third kappa shape index (κ3) is 3.11. The van der Waals surface area contributed by atoms with E-state index in [2.05, 4.69) is 21.8 Å². The standard InChI is InChI=1S/C15H18N4OS/c1-2-18-7-9-19(10-8-18)15(20)13-11-21-14(17-13)12-5-3-4-6-16-12/h3-6,11H,2,7-10H2,1H3. The summed E-state index contributed by atoms with van der Waals surface area (Å²) in [7, 11) is 0. The van der Waals surface area contributed by atoms with Crippen molar-refractivity contribution in [2.75, 3.05) is 32.7 Å². The Morgan fingerprint density at radius 1 is 1.29 bits per heavy atom. The van der Waals surface area contributed by atoms with Gasteiger partial charge in [0.05, 0.1) is 5.69 Å². The van der Waals surface area contributed by atoms with Crippen LogP contribution in [0.2, 0.25) is 0 Å². The van der Waals surface area contributed by atoms with E-state index in [9.17, 15) is 4.79 Å². The molecule has 3 heterocycles. The second-order valence-electron chi connectivity index (χ2n) is 4.98. The van der Waals surface area contributed by atoms with E-state index in [1.165, 1.54) is 11.3 Å². The van der Waals surface area contributed by atoms with Crippen molar-refractivity contribution >= 4 is 17.2 Å². The largest absolute Gasteiger partial charge is 0.335 e. The number of carbonyl (C=O) groups is 1. The highest BCUT2D eigenvalue weighted by molar-refractivity contribution is 7.13. The molecule has 2 aromatic rings. The molecule has 0 aliphatic carbocycles. The smallest absolute Gasteiger partial charge is 0.273 e. The molecule has 0 atom stereocenters. The fraction of sp³-hybridized carbons (Fsp3) is 0.400. The van der Waals surface area contributed by atoms with Crippen molar-refractivity contribution in [1.82, 2.24) is 19.8 Å². The van der Waals surface area contributed by atoms with Gasteiger partial charge < -0.3 is 9.80 Å². The molecule has 1 aliphatic rings. The van der Waals surface area contributed by atoms with E-state index < -0.39 is 0 Å². The molecule has 2 aromatic heterocycles. The lowest BCUT2D eigenvalue weighted by atomic mass is 10.3. The van der Waals surface area contributed by atoms with Crippen LogP contribution in [0.3, 0.4) is 0 Å². The SMILES string of the molecule is CCN1CCN(C(=O)c2csc(-c3ccccn3)n2)CC1. The number of amides is 1. The van der Waals surface area contributed by atoms with Gasteiger partial charge in [-0.3, -0.25) is 9.78 Å². The number of piperazine rings is 1. The van der Waals surface area contributed by atoms with E-state index in [1.54, 1.807) is 6.20 Å². The molecule has 1 amide bonds. The van der Waals surface area contributed by atoms with Gasteiger partial charge in [-0.2, -0.15) is 0 Å². The lowest BCUT2D eigenvalue weighted by Gasteiger charge is -2.33. The van der Waals surface area contributed by atoms with Gasteiger partial charge in [0.25, 0.3) is 5.91 Å². The van der Waals surface area contributed by atoms with E-state index in [-0.39, 0.29) is 5.91 Å². The first-order valence-corrected chi connectivity index (χ1v) is 8.04. The normalized spacial score (nSPS) is 16.1. The fourth-order valence-corrected chi connectivity index (χ4v) is 3.18. The van der Waals surface area contributed by atoms with Gasteiger partial charge in [0, 0.05) is 37.8 Å². The molecule has 0 saturated carbocycles. The highest BCUT2D eigenvalue weighted by Crippen LogP contribution is 2.22. The zero-order valence-corrected chi connectivity index (χ0v) is 12.8. The third-order valence-corrected chi connectivity index (χ3v) is 4.58. The maximum atomic E-state index is 12.5. The van der Waals surface area contributed by atoms with Crippen LogP contribution < -0.4 is 0 Å². The van der Waals surface area contributed by atoms with E-state index >= 15 is 0 Å². The maximum absolute atomic E-state index is 12.5. The van der Waals surface area contributed by atoms with Crippen molar-refractivity contribution in [3.05, 3.63) is 35.5 Å². The molecule has 0 N–H and O–H groups in total. The zero-order chi connectivity index (χ0) is 14.7. The first kappa shape index (κ1) is 14.2. The van der Waals surface area contributed by atoms with E-state index in [0.29, 0.717) is 5.69 Å². The van der Waals surface area contributed by atoms with Crippen LogP contribution in [0.15, 0.2) is 29.8 Å². The summed E-state index contributed by atoms with van der Waals surface area (Å²) in [5.74, 6) is 0.0317. The molecule has 21 heavy (non-hydrogen) atoms. The van der Waals surface area contributed by atoms with Crippen molar-refractivity contribution in [3.8, 4) is 10.7 Å². The zero-order valence-electron chi connectivity index (χ0n) is 12.0. The Kier molecular flexibility index (Phi) is 4.26. The average molecular weight is 302 g/mol. The Balaban J connectivity index is 1.70. The monoisotopic (exact) mass is 302 g/mol. The molecule has 6 heteroatoms. The molecule has 0 unspecified atom stereocenters. The van der Waals surface area contributed by atoms with E-state index in [4.69, 9.17) is 0 Å². The van der Waals surface area contributed by atoms with Crippen molar-refractivity contribution < 1.29 is 4.79 Å². The van der Waals surface area contributed by atoms with Crippen LogP contribution in [0.1, 0.15) is 17.4 Å². The molecular formula is C15H18N4OS. The van der Waals surface area contributed by atoms with Crippen molar-refractivity contribution in [3.63, 3.8) is 0 Å². The molecular weight excluding hydrogens is 284 g/mol. The summed E-state index contributed by atoms with van der Waals surface area (Å²) in [4.78, 5) is 25.4. The van der Waals surface area contributed by atoms with Crippen LogP contribution in [0.5, 0.6) is 0 Å². The Hall–Kier alpha value is -1.79. The highest BCUT2D eigenvalue weighted by atomic mass is 32.1. The van der Waals surface area contributed by atoms with Gasteiger partial charge in [0.2, 0.25) is 0 Å². The molecule has 1 aliphatic heterocycles. The summed E-state index contributed by atoms with van der Waals surface area (Å²) in [6.45, 7) is 6.64. The minimum atomic E-state index is 0.0317. The number of hydrogen-bond donors (Lipinski definition) is 0. The van der Waals surface area contributed by atoms with Crippen LogP contribution in [-0.4, -0.2) is 58.4 Å². The van der Waals surface area contributed by atoms with Gasteiger partial charge in [-0.15, -0.1) is 11.3 Å². The summed E-state index contributed by atoms with van der Waals surface area (Å²) in [6, 6.07) is 5.71. The lowest BCUT2D eigenvalue weighted by Crippen LogP contribution is -2.48. The Bertz CT molecular complexity index is 605. The van der Waals surface area contributed by atoms with Gasteiger partial charge in [0.15, 0.2) is 0 Å². The van der Waals surface area contributed by atoms with E-state index in [0.717, 1.165) is 43.4 Å². The Labute approximate surface area is 128 Å². The number of aromatic nitrogens is 2. The number of carbonyl (C=O) groups excluding carboxylic acids is 1. The van der Waals surface area contributed by atoms with Crippen LogP contribution in [0, 0.1) is 0 Å². The molecule has 110 valence electrons. The summed E-state index contributed by atoms with van der Waals surface area (Å²) >= 11 is 1.47. The Morgan fingerprint density at radius 3 is 2.76 bits per heavy atom. The second kappa shape index (κ2) is 6.32. The number of rotatable bonds is 3. The van der Waals surface area contributed by atoms with Gasteiger partial charge in [0.1, 0.15) is 10.7 Å². The number of pyridine rings is 1. The summed E-state index contributed by atoms with van der Waals surface area (Å²) in [5, 5.41) is 2.63. The molecule has 0 bridgehead atoms. The van der Waals surface area contributed by atoms with Crippen LogP contribution in [0.25, 0.3) is 10.7 Å². The molecule has 1 saturated heterocycles. The number of hydrogen-bond acceptors (Lipinski definition) is 5. The fourth-order valence-electron chi connectivity index (χ4n) is 2.41. The molecule has 0 aromatic carbocycles. The van der Waals surface area contributed by atoms with Gasteiger partial charge in [-0.05, 0) is 18.7 Å². The van der Waals surface area contributed by atoms with Crippen molar-refractivity contribution in [1.29, 1.82) is 0 Å². The maximum Gasteiger partial charge on any atom is 0.273 e. The quantitative estimate of drug-likeness (QED) is 0.870. The molecule has 1 fully saturated rings. The summed E-state index contributed by atoms with van der Waals surface area (Å²) in [6.07, 6.45) is 1.74. The van der Waals surface area contributed by atoms with Gasteiger partial charge >= 0.3 is 0 Å². The predicted octanol–water partition coefficient (Wildman–Crippen LogP) is 1.98. The Morgan fingerprint density at radius 2 is 2.10 bits per heavy atom. The van der Waals surface area contributed by atoms with Crippen molar-refractivity contribution in [2.24, 2.45) is 0 Å². The number of likely N-dealkylation sites (N-methyl/N-ethyl adjacent to an activating group) is 1. The topological polar surface area (TPSA) is 49.3 Å². The molecule has 0 radical (unpaired) electrons. The minimum Gasteiger partial charge on any atom is -0.335 e. The minimum absolute atomic E-state index is 0.0317. The van der Waals surface area contributed by atoms with Crippen LogP contribution in [-0.2, 0) is 0 Å². The molecule has 3 rings (SSSR count). The number of nitrogens with zero attached hydrogens (tertiary/aromatic N) is 4.